The fourth-order valence-corrected chi connectivity index (χ4v) is 3.89. The van der Waals surface area contributed by atoms with E-state index in [-0.39, 0.29) is 23.3 Å². The molecular formula is C21H21FN6O3. The highest BCUT2D eigenvalue weighted by Crippen LogP contribution is 2.40. The van der Waals surface area contributed by atoms with E-state index >= 15 is 0 Å². The van der Waals surface area contributed by atoms with Crippen molar-refractivity contribution < 1.29 is 18.4 Å². The van der Waals surface area contributed by atoms with Crippen LogP contribution in [0.2, 0.25) is 0 Å². The lowest BCUT2D eigenvalue weighted by Crippen LogP contribution is -2.18. The van der Waals surface area contributed by atoms with Gasteiger partial charge in [-0.05, 0) is 25.3 Å². The van der Waals surface area contributed by atoms with Crippen LogP contribution in [-0.4, -0.2) is 33.6 Å². The van der Waals surface area contributed by atoms with Gasteiger partial charge in [-0.15, -0.1) is 0 Å². The Morgan fingerprint density at radius 2 is 2.06 bits per heavy atom. The molecule has 0 radical (unpaired) electrons. The lowest BCUT2D eigenvalue weighted by atomic mass is 10.0. The molecule has 4 heterocycles. The van der Waals surface area contributed by atoms with Gasteiger partial charge in [-0.25, -0.2) is 9.07 Å². The number of anilines is 2. The number of aromatic nitrogens is 4. The molecule has 3 aromatic heterocycles. The Bertz CT molecular complexity index is 1260. The van der Waals surface area contributed by atoms with Crippen LogP contribution < -0.4 is 16.2 Å². The minimum Gasteiger partial charge on any atom is -0.495 e. The van der Waals surface area contributed by atoms with Crippen molar-refractivity contribution in [2.75, 3.05) is 25.2 Å². The molecule has 1 aromatic carbocycles. The Hall–Kier alpha value is -3.66. The molecule has 1 atom stereocenters. The normalized spacial score (nSPS) is 16.6. The van der Waals surface area contributed by atoms with Crippen LogP contribution >= 0.6 is 0 Å². The number of rotatable bonds is 4. The van der Waals surface area contributed by atoms with E-state index in [2.05, 4.69) is 15.2 Å². The van der Waals surface area contributed by atoms with Crippen LogP contribution in [-0.2, 0) is 4.74 Å². The van der Waals surface area contributed by atoms with E-state index in [1.54, 1.807) is 10.9 Å². The highest BCUT2D eigenvalue weighted by atomic mass is 19.1. The number of benzene rings is 1. The Kier molecular flexibility index (Phi) is 4.70. The largest absolute Gasteiger partial charge is 0.495 e. The van der Waals surface area contributed by atoms with Crippen molar-refractivity contribution in [2.24, 2.45) is 0 Å². The second kappa shape index (κ2) is 7.55. The van der Waals surface area contributed by atoms with Crippen LogP contribution in [0.5, 0.6) is 5.75 Å². The summed E-state index contributed by atoms with van der Waals surface area (Å²) >= 11 is 0. The summed E-state index contributed by atoms with van der Waals surface area (Å²) in [5, 5.41) is 8.77. The van der Waals surface area contributed by atoms with Gasteiger partial charge in [0.05, 0.1) is 24.4 Å². The Balaban J connectivity index is 1.62. The van der Waals surface area contributed by atoms with E-state index in [9.17, 15) is 4.39 Å². The summed E-state index contributed by atoms with van der Waals surface area (Å²) in [5.74, 6) is -0.0544. The minimum absolute atomic E-state index is 0.103. The van der Waals surface area contributed by atoms with Gasteiger partial charge in [0.2, 0.25) is 0 Å². The molecule has 9 nitrogen and oxygen atoms in total. The molecule has 4 N–H and O–H groups in total. The van der Waals surface area contributed by atoms with E-state index < -0.39 is 5.82 Å². The summed E-state index contributed by atoms with van der Waals surface area (Å²) in [7, 11) is 1.46. The summed E-state index contributed by atoms with van der Waals surface area (Å²) in [5.41, 5.74) is 14.3. The lowest BCUT2D eigenvalue weighted by Gasteiger charge is -2.22. The minimum atomic E-state index is -0.531. The van der Waals surface area contributed by atoms with Crippen molar-refractivity contribution in [3.8, 4) is 28.1 Å². The Morgan fingerprint density at radius 3 is 2.84 bits per heavy atom. The van der Waals surface area contributed by atoms with Gasteiger partial charge in [0, 0.05) is 41.8 Å². The number of pyridine rings is 1. The van der Waals surface area contributed by atoms with E-state index in [0.29, 0.717) is 34.6 Å². The Morgan fingerprint density at radius 1 is 1.19 bits per heavy atom. The summed E-state index contributed by atoms with van der Waals surface area (Å²) in [6, 6.07) is 2.71. The average molecular weight is 424 g/mol. The van der Waals surface area contributed by atoms with E-state index in [0.717, 1.165) is 24.8 Å². The van der Waals surface area contributed by atoms with Gasteiger partial charge in [0.1, 0.15) is 23.5 Å². The second-order valence-corrected chi connectivity index (χ2v) is 7.40. The number of nitrogen functional groups attached to an aromatic ring is 2. The molecule has 31 heavy (non-hydrogen) atoms. The molecule has 5 rings (SSSR count). The van der Waals surface area contributed by atoms with Gasteiger partial charge < -0.3 is 25.5 Å². The van der Waals surface area contributed by atoms with E-state index in [4.69, 9.17) is 25.5 Å². The molecular weight excluding hydrogens is 403 g/mol. The summed E-state index contributed by atoms with van der Waals surface area (Å²) in [6.07, 6.45) is 8.01. The standard InChI is InChI=1S/C21H21FN6O3/c1-29-16-6-12(14(22)7-15(16)23)13-9-25-19(20-18(13)21(24)27-31-20)11-8-26-28(10-11)17-4-2-3-5-30-17/h6-10,17H,2-5,23H2,1H3,(H2,24,27). The number of fused-ring (bicyclic) bond motifs is 1. The first-order valence-electron chi connectivity index (χ1n) is 9.90. The molecule has 10 heteroatoms. The molecule has 1 fully saturated rings. The predicted molar refractivity (Wildman–Crippen MR) is 113 cm³/mol. The fourth-order valence-electron chi connectivity index (χ4n) is 3.89. The molecule has 0 saturated carbocycles. The summed E-state index contributed by atoms with van der Waals surface area (Å²) in [4.78, 5) is 4.52. The lowest BCUT2D eigenvalue weighted by molar-refractivity contribution is -0.0394. The molecule has 160 valence electrons. The predicted octanol–water partition coefficient (Wildman–Crippen LogP) is 3.76. The summed E-state index contributed by atoms with van der Waals surface area (Å²) < 4.78 is 33.1. The maximum absolute atomic E-state index is 14.8. The SMILES string of the molecule is COc1cc(-c2cnc(-c3cnn(C4CCCCO4)c3)c3onc(N)c23)c(F)cc1N. The first kappa shape index (κ1) is 19.3. The number of halogens is 1. The number of nitrogens with two attached hydrogens (primary N) is 2. The van der Waals surface area contributed by atoms with Gasteiger partial charge in [0.15, 0.2) is 11.4 Å². The highest BCUT2D eigenvalue weighted by molar-refractivity contribution is 6.05. The maximum Gasteiger partial charge on any atom is 0.196 e. The quantitative estimate of drug-likeness (QED) is 0.474. The van der Waals surface area contributed by atoms with Crippen molar-refractivity contribution in [2.45, 2.75) is 25.5 Å². The third-order valence-corrected chi connectivity index (χ3v) is 5.46. The molecule has 1 aliphatic rings. The summed E-state index contributed by atoms with van der Waals surface area (Å²) in [6.45, 7) is 0.715. The number of ether oxygens (including phenoxy) is 2. The maximum atomic E-state index is 14.8. The van der Waals surface area contributed by atoms with Gasteiger partial charge in [0.25, 0.3) is 0 Å². The third kappa shape index (κ3) is 3.25. The zero-order valence-corrected chi connectivity index (χ0v) is 16.8. The highest BCUT2D eigenvalue weighted by Gasteiger charge is 2.23. The van der Waals surface area contributed by atoms with Crippen molar-refractivity contribution >= 4 is 22.5 Å². The van der Waals surface area contributed by atoms with Gasteiger partial charge >= 0.3 is 0 Å². The van der Waals surface area contributed by atoms with Crippen LogP contribution in [0.1, 0.15) is 25.5 Å². The molecule has 0 spiro atoms. The number of hydrogen-bond acceptors (Lipinski definition) is 8. The molecule has 1 unspecified atom stereocenters. The average Bonchev–Trinajstić information content (AvgIpc) is 3.42. The van der Waals surface area contributed by atoms with Crippen LogP contribution in [0, 0.1) is 5.82 Å². The van der Waals surface area contributed by atoms with E-state index in [1.807, 2.05) is 6.20 Å². The Labute approximate surface area is 176 Å². The van der Waals surface area contributed by atoms with Crippen LogP contribution in [0.15, 0.2) is 35.2 Å². The van der Waals surface area contributed by atoms with Crippen molar-refractivity contribution in [1.82, 2.24) is 19.9 Å². The molecule has 4 aromatic rings. The monoisotopic (exact) mass is 424 g/mol. The first-order chi connectivity index (χ1) is 15.1. The van der Waals surface area contributed by atoms with Crippen LogP contribution in [0.4, 0.5) is 15.9 Å². The van der Waals surface area contributed by atoms with Gasteiger partial charge in [-0.3, -0.25) is 4.98 Å². The second-order valence-electron chi connectivity index (χ2n) is 7.40. The molecule has 1 saturated heterocycles. The fraction of sp³-hybridized carbons (Fsp3) is 0.286. The van der Waals surface area contributed by atoms with Gasteiger partial charge in [-0.2, -0.15) is 5.10 Å². The number of nitrogens with zero attached hydrogens (tertiary/aromatic N) is 4. The van der Waals surface area contributed by atoms with Crippen LogP contribution in [0.3, 0.4) is 0 Å². The smallest absolute Gasteiger partial charge is 0.196 e. The van der Waals surface area contributed by atoms with Crippen molar-refractivity contribution in [3.05, 3.63) is 36.5 Å². The van der Waals surface area contributed by atoms with E-state index in [1.165, 1.54) is 25.4 Å². The van der Waals surface area contributed by atoms with Crippen LogP contribution in [0.25, 0.3) is 33.4 Å². The molecule has 0 amide bonds. The van der Waals surface area contributed by atoms with Gasteiger partial charge in [-0.1, -0.05) is 5.16 Å². The number of methoxy groups -OCH3 is 1. The zero-order valence-electron chi connectivity index (χ0n) is 16.8. The topological polar surface area (TPSA) is 127 Å². The molecule has 0 bridgehead atoms. The van der Waals surface area contributed by atoms with Crippen molar-refractivity contribution in [3.63, 3.8) is 0 Å². The number of hydrogen-bond donors (Lipinski definition) is 2. The van der Waals surface area contributed by atoms with Crippen molar-refractivity contribution in [1.29, 1.82) is 0 Å². The molecule has 0 aliphatic carbocycles. The third-order valence-electron chi connectivity index (χ3n) is 5.46. The first-order valence-corrected chi connectivity index (χ1v) is 9.90. The zero-order chi connectivity index (χ0) is 21.5. The molecule has 1 aliphatic heterocycles.